The Morgan fingerprint density at radius 2 is 1.70 bits per heavy atom. The zero-order valence-electron chi connectivity index (χ0n) is 15.3. The fourth-order valence-electron chi connectivity index (χ4n) is 2.29. The van der Waals surface area contributed by atoms with E-state index in [0.29, 0.717) is 12.0 Å². The van der Waals surface area contributed by atoms with Gasteiger partial charge in [0.05, 0.1) is 0 Å². The Kier molecular flexibility index (Phi) is 10.5. The van der Waals surface area contributed by atoms with Gasteiger partial charge in [-0.25, -0.2) is 0 Å². The van der Waals surface area contributed by atoms with Crippen molar-refractivity contribution in [3.63, 3.8) is 0 Å². The van der Waals surface area contributed by atoms with Gasteiger partial charge < -0.3 is 16.0 Å². The number of halogens is 1. The summed E-state index contributed by atoms with van der Waals surface area (Å²) in [4.78, 5) is 4.27. The van der Waals surface area contributed by atoms with Crippen molar-refractivity contribution in [2.75, 3.05) is 20.1 Å². The van der Waals surface area contributed by atoms with Gasteiger partial charge >= 0.3 is 0 Å². The lowest BCUT2D eigenvalue weighted by atomic mass is 10.0. The van der Waals surface area contributed by atoms with Crippen molar-refractivity contribution in [3.8, 4) is 0 Å². The number of rotatable bonds is 7. The number of nitrogens with zero attached hydrogens (tertiary/aromatic N) is 1. The molecule has 0 radical (unpaired) electrons. The van der Waals surface area contributed by atoms with Crippen LogP contribution in [-0.2, 0) is 0 Å². The topological polar surface area (TPSA) is 48.5 Å². The van der Waals surface area contributed by atoms with Gasteiger partial charge in [0, 0.05) is 31.7 Å². The van der Waals surface area contributed by atoms with E-state index >= 15 is 0 Å². The maximum atomic E-state index is 4.27. The van der Waals surface area contributed by atoms with Crippen LogP contribution in [0, 0.1) is 5.92 Å². The van der Waals surface area contributed by atoms with Crippen molar-refractivity contribution in [1.82, 2.24) is 16.0 Å². The number of benzene rings is 1. The highest BCUT2D eigenvalue weighted by Gasteiger charge is 2.21. The lowest BCUT2D eigenvalue weighted by molar-refractivity contribution is 0.344. The molecule has 1 atom stereocenters. The minimum atomic E-state index is -0.0370. The minimum Gasteiger partial charge on any atom is -0.356 e. The molecule has 0 fully saturated rings. The molecule has 0 aliphatic heterocycles. The highest BCUT2D eigenvalue weighted by molar-refractivity contribution is 14.0. The van der Waals surface area contributed by atoms with Gasteiger partial charge in [-0.2, -0.15) is 0 Å². The molecule has 1 unspecified atom stereocenters. The van der Waals surface area contributed by atoms with Crippen LogP contribution in [-0.4, -0.2) is 31.6 Å². The second-order valence-corrected chi connectivity index (χ2v) is 6.86. The summed E-state index contributed by atoms with van der Waals surface area (Å²) in [7, 11) is 1.81. The van der Waals surface area contributed by atoms with Crippen molar-refractivity contribution in [3.05, 3.63) is 35.9 Å². The van der Waals surface area contributed by atoms with E-state index in [1.165, 1.54) is 5.56 Å². The average Bonchev–Trinajstić information content (AvgIpc) is 2.47. The van der Waals surface area contributed by atoms with Crippen LogP contribution in [0.4, 0.5) is 0 Å². The molecule has 0 spiro atoms. The summed E-state index contributed by atoms with van der Waals surface area (Å²) in [6, 6.07) is 10.8. The number of nitrogens with one attached hydrogen (secondary N) is 3. The lowest BCUT2D eigenvalue weighted by Crippen LogP contribution is -2.52. The molecule has 3 N–H and O–H groups in total. The zero-order valence-corrected chi connectivity index (χ0v) is 17.6. The number of guanidine groups is 1. The second-order valence-electron chi connectivity index (χ2n) is 6.86. The zero-order chi connectivity index (χ0) is 16.6. The molecule has 4 nitrogen and oxygen atoms in total. The molecule has 0 saturated heterocycles. The van der Waals surface area contributed by atoms with Crippen LogP contribution in [0.5, 0.6) is 0 Å². The normalized spacial score (nSPS) is 13.4. The Morgan fingerprint density at radius 3 is 2.22 bits per heavy atom. The Labute approximate surface area is 158 Å². The van der Waals surface area contributed by atoms with Gasteiger partial charge in [0.1, 0.15) is 0 Å². The summed E-state index contributed by atoms with van der Waals surface area (Å²) in [6.07, 6.45) is 0. The molecule has 0 heterocycles. The van der Waals surface area contributed by atoms with Crippen molar-refractivity contribution in [1.29, 1.82) is 0 Å². The predicted octanol–water partition coefficient (Wildman–Crippen LogP) is 3.55. The highest BCUT2D eigenvalue weighted by atomic mass is 127. The van der Waals surface area contributed by atoms with E-state index < -0.39 is 0 Å². The third-order valence-corrected chi connectivity index (χ3v) is 3.51. The molecule has 0 amide bonds. The summed E-state index contributed by atoms with van der Waals surface area (Å²) in [5, 5.41) is 10.4. The second kappa shape index (κ2) is 10.9. The van der Waals surface area contributed by atoms with Crippen molar-refractivity contribution in [2.24, 2.45) is 10.9 Å². The van der Waals surface area contributed by atoms with Gasteiger partial charge in [-0.3, -0.25) is 4.99 Å². The largest absolute Gasteiger partial charge is 0.356 e. The predicted molar refractivity (Wildman–Crippen MR) is 112 cm³/mol. The van der Waals surface area contributed by atoms with Crippen LogP contribution in [0.1, 0.15) is 46.2 Å². The third-order valence-electron chi connectivity index (χ3n) is 3.51. The van der Waals surface area contributed by atoms with Crippen LogP contribution >= 0.6 is 24.0 Å². The minimum absolute atomic E-state index is 0. The van der Waals surface area contributed by atoms with Gasteiger partial charge in [0.2, 0.25) is 0 Å². The van der Waals surface area contributed by atoms with E-state index in [1.54, 1.807) is 0 Å². The van der Waals surface area contributed by atoms with E-state index in [0.717, 1.165) is 19.0 Å². The molecule has 1 aromatic rings. The monoisotopic (exact) mass is 432 g/mol. The standard InChI is InChI=1S/C18H32N4.HI/c1-14(2)12-20-17(19-6)21-13-18(4,5)22-15(3)16-10-8-7-9-11-16;/h7-11,14-15,22H,12-13H2,1-6H3,(H2,19,20,21);1H. The van der Waals surface area contributed by atoms with Crippen LogP contribution in [0.25, 0.3) is 0 Å². The average molecular weight is 432 g/mol. The molecule has 0 aliphatic rings. The smallest absolute Gasteiger partial charge is 0.191 e. The SMILES string of the molecule is CN=C(NCC(C)C)NCC(C)(C)NC(C)c1ccccc1.I. The maximum absolute atomic E-state index is 4.27. The first-order valence-electron chi connectivity index (χ1n) is 8.11. The molecule has 0 bridgehead atoms. The first-order chi connectivity index (χ1) is 10.3. The van der Waals surface area contributed by atoms with E-state index in [9.17, 15) is 0 Å². The quantitative estimate of drug-likeness (QED) is 0.351. The summed E-state index contributed by atoms with van der Waals surface area (Å²) in [6.45, 7) is 12.7. The first kappa shape index (κ1) is 22.2. The Bertz CT molecular complexity index is 457. The third kappa shape index (κ3) is 9.15. The van der Waals surface area contributed by atoms with Gasteiger partial charge in [-0.15, -0.1) is 24.0 Å². The van der Waals surface area contributed by atoms with Crippen LogP contribution < -0.4 is 16.0 Å². The molecule has 1 rings (SSSR count). The summed E-state index contributed by atoms with van der Waals surface area (Å²) in [5.41, 5.74) is 1.27. The lowest BCUT2D eigenvalue weighted by Gasteiger charge is -2.31. The summed E-state index contributed by atoms with van der Waals surface area (Å²) < 4.78 is 0. The van der Waals surface area contributed by atoms with Gasteiger partial charge in [0.25, 0.3) is 0 Å². The number of aliphatic imine (C=N–C) groups is 1. The molecule has 0 aliphatic carbocycles. The van der Waals surface area contributed by atoms with E-state index in [2.05, 4.69) is 79.8 Å². The van der Waals surface area contributed by atoms with Gasteiger partial charge in [0.15, 0.2) is 5.96 Å². The Hall–Kier alpha value is -0.820. The molecule has 0 saturated carbocycles. The molecule has 1 aromatic carbocycles. The Balaban J connectivity index is 0.00000484. The van der Waals surface area contributed by atoms with Gasteiger partial charge in [-0.05, 0) is 32.3 Å². The van der Waals surface area contributed by atoms with Crippen LogP contribution in [0.3, 0.4) is 0 Å². The summed E-state index contributed by atoms with van der Waals surface area (Å²) in [5.74, 6) is 1.46. The van der Waals surface area contributed by atoms with Crippen molar-refractivity contribution in [2.45, 2.75) is 46.2 Å². The molecule has 0 aromatic heterocycles. The van der Waals surface area contributed by atoms with Crippen molar-refractivity contribution < 1.29 is 0 Å². The fraction of sp³-hybridized carbons (Fsp3) is 0.611. The highest BCUT2D eigenvalue weighted by Crippen LogP contribution is 2.15. The van der Waals surface area contributed by atoms with Crippen LogP contribution in [0.2, 0.25) is 0 Å². The first-order valence-corrected chi connectivity index (χ1v) is 8.11. The molecular formula is C18H33IN4. The van der Waals surface area contributed by atoms with Crippen molar-refractivity contribution >= 4 is 29.9 Å². The summed E-state index contributed by atoms with van der Waals surface area (Å²) >= 11 is 0. The van der Waals surface area contributed by atoms with E-state index in [1.807, 2.05) is 13.1 Å². The Morgan fingerprint density at radius 1 is 1.09 bits per heavy atom. The fourth-order valence-corrected chi connectivity index (χ4v) is 2.29. The molecule has 132 valence electrons. The molecule has 5 heteroatoms. The number of hydrogen-bond donors (Lipinski definition) is 3. The van der Waals surface area contributed by atoms with E-state index in [4.69, 9.17) is 0 Å². The van der Waals surface area contributed by atoms with Gasteiger partial charge in [-0.1, -0.05) is 44.2 Å². The molecular weight excluding hydrogens is 399 g/mol. The van der Waals surface area contributed by atoms with E-state index in [-0.39, 0.29) is 29.5 Å². The molecule has 23 heavy (non-hydrogen) atoms. The number of hydrogen-bond acceptors (Lipinski definition) is 2. The maximum Gasteiger partial charge on any atom is 0.191 e. The van der Waals surface area contributed by atoms with Crippen LogP contribution in [0.15, 0.2) is 35.3 Å².